The fourth-order valence-electron chi connectivity index (χ4n) is 2.33. The predicted molar refractivity (Wildman–Crippen MR) is 73.3 cm³/mol. The topological polar surface area (TPSA) is 77.5 Å². The second-order valence-electron chi connectivity index (χ2n) is 4.59. The summed E-state index contributed by atoms with van der Waals surface area (Å²) in [5.41, 5.74) is 8.07. The number of rotatable bonds is 5. The Hall–Kier alpha value is -2.01. The molecule has 0 aliphatic rings. The van der Waals surface area contributed by atoms with Crippen molar-refractivity contribution in [3.05, 3.63) is 30.0 Å². The molecular formula is C14H18N2O3. The Morgan fingerprint density at radius 3 is 2.89 bits per heavy atom. The highest BCUT2D eigenvalue weighted by atomic mass is 16.5. The molecular weight excluding hydrogens is 244 g/mol. The third kappa shape index (κ3) is 2.56. The van der Waals surface area contributed by atoms with E-state index in [4.69, 9.17) is 15.6 Å². The van der Waals surface area contributed by atoms with Gasteiger partial charge in [0.1, 0.15) is 5.75 Å². The van der Waals surface area contributed by atoms with Crippen LogP contribution in [0.3, 0.4) is 0 Å². The number of hydrogen-bond acceptors (Lipinski definition) is 3. The van der Waals surface area contributed by atoms with E-state index in [1.807, 2.05) is 36.0 Å². The molecule has 0 bridgehead atoms. The Bertz CT molecular complexity index is 604. The first-order chi connectivity index (χ1) is 9.04. The summed E-state index contributed by atoms with van der Waals surface area (Å²) in [6.45, 7) is 0. The number of methoxy groups -OCH3 is 1. The van der Waals surface area contributed by atoms with Crippen LogP contribution in [0.4, 0.5) is 0 Å². The highest BCUT2D eigenvalue weighted by Crippen LogP contribution is 2.34. The molecule has 1 aromatic heterocycles. The fourth-order valence-corrected chi connectivity index (χ4v) is 2.33. The van der Waals surface area contributed by atoms with E-state index in [1.165, 1.54) is 0 Å². The molecule has 102 valence electrons. The molecule has 1 heterocycles. The standard InChI is InChI=1S/C14H18N2O3/c1-16-8-9(10(15)6-7-13(17)18)14-11(16)4-3-5-12(14)19-2/h3-5,8,10H,6-7,15H2,1-2H3,(H,17,18). The number of carbonyl (C=O) groups is 1. The Morgan fingerprint density at radius 1 is 1.53 bits per heavy atom. The molecule has 0 saturated carbocycles. The lowest BCUT2D eigenvalue weighted by atomic mass is 10.0. The zero-order chi connectivity index (χ0) is 14.0. The number of ether oxygens (including phenoxy) is 1. The average Bonchev–Trinajstić information content (AvgIpc) is 2.74. The van der Waals surface area contributed by atoms with Crippen LogP contribution in [0.15, 0.2) is 24.4 Å². The number of fused-ring (bicyclic) bond motifs is 1. The van der Waals surface area contributed by atoms with Crippen molar-refractivity contribution in [2.45, 2.75) is 18.9 Å². The minimum atomic E-state index is -0.831. The highest BCUT2D eigenvalue weighted by molar-refractivity contribution is 5.90. The lowest BCUT2D eigenvalue weighted by Crippen LogP contribution is -2.12. The van der Waals surface area contributed by atoms with Gasteiger partial charge in [-0.05, 0) is 24.1 Å². The summed E-state index contributed by atoms with van der Waals surface area (Å²) in [5.74, 6) is -0.0680. The molecule has 1 unspecified atom stereocenters. The molecule has 0 saturated heterocycles. The lowest BCUT2D eigenvalue weighted by molar-refractivity contribution is -0.137. The summed E-state index contributed by atoms with van der Waals surface area (Å²) >= 11 is 0. The van der Waals surface area contributed by atoms with E-state index in [0.29, 0.717) is 6.42 Å². The van der Waals surface area contributed by atoms with Crippen LogP contribution in [0.1, 0.15) is 24.4 Å². The van der Waals surface area contributed by atoms with Gasteiger partial charge in [0.2, 0.25) is 0 Å². The van der Waals surface area contributed by atoms with E-state index >= 15 is 0 Å². The molecule has 19 heavy (non-hydrogen) atoms. The van der Waals surface area contributed by atoms with Crippen molar-refractivity contribution < 1.29 is 14.6 Å². The monoisotopic (exact) mass is 262 g/mol. The predicted octanol–water partition coefficient (Wildman–Crippen LogP) is 2.05. The van der Waals surface area contributed by atoms with Gasteiger partial charge in [-0.2, -0.15) is 0 Å². The van der Waals surface area contributed by atoms with E-state index in [2.05, 4.69) is 0 Å². The number of carboxylic acid groups (broad SMARTS) is 1. The smallest absolute Gasteiger partial charge is 0.303 e. The van der Waals surface area contributed by atoms with E-state index in [0.717, 1.165) is 22.2 Å². The molecule has 2 rings (SSSR count). The third-order valence-corrected chi connectivity index (χ3v) is 3.29. The van der Waals surface area contributed by atoms with Crippen molar-refractivity contribution in [2.75, 3.05) is 7.11 Å². The number of aryl methyl sites for hydroxylation is 1. The Balaban J connectivity index is 2.45. The highest BCUT2D eigenvalue weighted by Gasteiger charge is 2.17. The van der Waals surface area contributed by atoms with E-state index in [-0.39, 0.29) is 12.5 Å². The van der Waals surface area contributed by atoms with E-state index in [9.17, 15) is 4.79 Å². The summed E-state index contributed by atoms with van der Waals surface area (Å²) in [5, 5.41) is 9.71. The van der Waals surface area contributed by atoms with Crippen LogP contribution in [-0.4, -0.2) is 22.8 Å². The first-order valence-corrected chi connectivity index (χ1v) is 6.14. The number of hydrogen-bond donors (Lipinski definition) is 2. The van der Waals surface area contributed by atoms with Gasteiger partial charge in [-0.15, -0.1) is 0 Å². The second-order valence-corrected chi connectivity index (χ2v) is 4.59. The van der Waals surface area contributed by atoms with Gasteiger partial charge < -0.3 is 20.1 Å². The van der Waals surface area contributed by atoms with Gasteiger partial charge in [-0.25, -0.2) is 0 Å². The van der Waals surface area contributed by atoms with Gasteiger partial charge in [0.05, 0.1) is 12.6 Å². The normalized spacial score (nSPS) is 12.6. The quantitative estimate of drug-likeness (QED) is 0.864. The van der Waals surface area contributed by atoms with Crippen molar-refractivity contribution in [1.29, 1.82) is 0 Å². The van der Waals surface area contributed by atoms with Crippen molar-refractivity contribution in [1.82, 2.24) is 4.57 Å². The van der Waals surface area contributed by atoms with Crippen molar-refractivity contribution in [3.8, 4) is 5.75 Å². The van der Waals surface area contributed by atoms with Gasteiger partial charge in [0.25, 0.3) is 0 Å². The van der Waals surface area contributed by atoms with Crippen LogP contribution >= 0.6 is 0 Å². The number of nitrogens with zero attached hydrogens (tertiary/aromatic N) is 1. The zero-order valence-corrected chi connectivity index (χ0v) is 11.1. The SMILES string of the molecule is COc1cccc2c1c(C(N)CCC(=O)O)cn2C. The molecule has 0 fully saturated rings. The van der Waals surface area contributed by atoms with Crippen molar-refractivity contribution >= 4 is 16.9 Å². The largest absolute Gasteiger partial charge is 0.496 e. The molecule has 1 aromatic carbocycles. The summed E-state index contributed by atoms with van der Waals surface area (Å²) in [6.07, 6.45) is 2.42. The van der Waals surface area contributed by atoms with Crippen molar-refractivity contribution in [3.63, 3.8) is 0 Å². The number of carboxylic acids is 1. The minimum Gasteiger partial charge on any atom is -0.496 e. The molecule has 5 nitrogen and oxygen atoms in total. The summed E-state index contributed by atoms with van der Waals surface area (Å²) in [4.78, 5) is 10.6. The summed E-state index contributed by atoms with van der Waals surface area (Å²) in [7, 11) is 3.56. The fraction of sp³-hybridized carbons (Fsp3) is 0.357. The van der Waals surface area contributed by atoms with Gasteiger partial charge in [0, 0.05) is 31.1 Å². The van der Waals surface area contributed by atoms with Gasteiger partial charge >= 0.3 is 5.97 Å². The number of benzene rings is 1. The van der Waals surface area contributed by atoms with Crippen LogP contribution < -0.4 is 10.5 Å². The van der Waals surface area contributed by atoms with Gasteiger partial charge in [0.15, 0.2) is 0 Å². The van der Waals surface area contributed by atoms with E-state index < -0.39 is 5.97 Å². The molecule has 0 spiro atoms. The molecule has 0 aliphatic heterocycles. The molecule has 0 radical (unpaired) electrons. The van der Waals surface area contributed by atoms with Gasteiger partial charge in [-0.1, -0.05) is 6.07 Å². The molecule has 5 heteroatoms. The number of aromatic nitrogens is 1. The maximum absolute atomic E-state index is 10.6. The molecule has 0 amide bonds. The Morgan fingerprint density at radius 2 is 2.26 bits per heavy atom. The van der Waals surface area contributed by atoms with Crippen LogP contribution in [0.5, 0.6) is 5.75 Å². The number of nitrogens with two attached hydrogens (primary N) is 1. The maximum Gasteiger partial charge on any atom is 0.303 e. The van der Waals surface area contributed by atoms with Crippen LogP contribution in [0.2, 0.25) is 0 Å². The molecule has 3 N–H and O–H groups in total. The van der Waals surface area contributed by atoms with Crippen LogP contribution in [-0.2, 0) is 11.8 Å². The first-order valence-electron chi connectivity index (χ1n) is 6.14. The molecule has 2 aromatic rings. The Labute approximate surface area is 111 Å². The first kappa shape index (κ1) is 13.4. The van der Waals surface area contributed by atoms with Gasteiger partial charge in [-0.3, -0.25) is 4.79 Å². The summed E-state index contributed by atoms with van der Waals surface area (Å²) in [6, 6.07) is 5.49. The van der Waals surface area contributed by atoms with Crippen LogP contribution in [0, 0.1) is 0 Å². The van der Waals surface area contributed by atoms with Crippen molar-refractivity contribution in [2.24, 2.45) is 12.8 Å². The average molecular weight is 262 g/mol. The Kier molecular flexibility index (Phi) is 3.76. The molecule has 0 aliphatic carbocycles. The summed E-state index contributed by atoms with van der Waals surface area (Å²) < 4.78 is 7.35. The minimum absolute atomic E-state index is 0.0622. The zero-order valence-electron chi connectivity index (χ0n) is 11.1. The molecule has 1 atom stereocenters. The lowest BCUT2D eigenvalue weighted by Gasteiger charge is -2.11. The maximum atomic E-state index is 10.6. The van der Waals surface area contributed by atoms with Crippen LogP contribution in [0.25, 0.3) is 10.9 Å². The second kappa shape index (κ2) is 5.32. The van der Waals surface area contributed by atoms with E-state index in [1.54, 1.807) is 7.11 Å². The number of aliphatic carboxylic acids is 1. The third-order valence-electron chi connectivity index (χ3n) is 3.29.